The van der Waals surface area contributed by atoms with Crippen molar-refractivity contribution in [2.45, 2.75) is 85.1 Å². The third-order valence-corrected chi connectivity index (χ3v) is 8.36. The normalized spacial score (nSPS) is 25.9. The van der Waals surface area contributed by atoms with Gasteiger partial charge in [-0.3, -0.25) is 0 Å². The van der Waals surface area contributed by atoms with Crippen LogP contribution in [0.1, 0.15) is 79.1 Å². The molecule has 0 amide bonds. The molecule has 0 saturated carbocycles. The highest BCUT2D eigenvalue weighted by Gasteiger charge is 2.29. The van der Waals surface area contributed by atoms with E-state index in [-0.39, 0.29) is 0 Å². The predicted octanol–water partition coefficient (Wildman–Crippen LogP) is 4.97. The Bertz CT molecular complexity index is 412. The third kappa shape index (κ3) is 6.71. The number of likely N-dealkylation sites (tertiary alicyclic amines) is 3. The second kappa shape index (κ2) is 11.3. The highest BCUT2D eigenvalue weighted by atomic mass is 15.2. The lowest BCUT2D eigenvalue weighted by atomic mass is 9.85. The quantitative estimate of drug-likeness (QED) is 0.541. The summed E-state index contributed by atoms with van der Waals surface area (Å²) in [6.45, 7) is 20.4. The average molecular weight is 392 g/mol. The van der Waals surface area contributed by atoms with Crippen LogP contribution < -0.4 is 0 Å². The van der Waals surface area contributed by atoms with E-state index in [0.29, 0.717) is 0 Å². The summed E-state index contributed by atoms with van der Waals surface area (Å²) in [6, 6.07) is 0.881. The van der Waals surface area contributed by atoms with E-state index in [0.717, 1.165) is 29.7 Å². The molecular formula is C25H49N3. The molecule has 3 saturated heterocycles. The lowest BCUT2D eigenvalue weighted by molar-refractivity contribution is 0.0682. The Morgan fingerprint density at radius 3 is 1.39 bits per heavy atom. The zero-order valence-electron chi connectivity index (χ0n) is 19.5. The van der Waals surface area contributed by atoms with E-state index in [9.17, 15) is 0 Å². The Hall–Kier alpha value is -0.120. The van der Waals surface area contributed by atoms with Gasteiger partial charge < -0.3 is 14.7 Å². The van der Waals surface area contributed by atoms with Gasteiger partial charge in [-0.2, -0.15) is 0 Å². The molecule has 3 nitrogen and oxygen atoms in total. The standard InChI is InChI=1S/C25H49N3/c1-21(2)23-7-15-26(16-8-23)13-5-6-14-27-17-11-25(12-18-27)28-19-9-24(10-20-28)22(3)4/h21-25H,5-20H2,1-4H3. The van der Waals surface area contributed by atoms with Crippen LogP contribution in [0.2, 0.25) is 0 Å². The Morgan fingerprint density at radius 2 is 0.964 bits per heavy atom. The molecule has 164 valence electrons. The van der Waals surface area contributed by atoms with E-state index >= 15 is 0 Å². The Kier molecular flexibility index (Phi) is 9.12. The van der Waals surface area contributed by atoms with E-state index in [1.807, 2.05) is 0 Å². The van der Waals surface area contributed by atoms with Crippen molar-refractivity contribution in [3.8, 4) is 0 Å². The second-order valence-corrected chi connectivity index (χ2v) is 10.8. The van der Waals surface area contributed by atoms with E-state index in [1.54, 1.807) is 0 Å². The first-order valence-electron chi connectivity index (χ1n) is 12.7. The van der Waals surface area contributed by atoms with Crippen LogP contribution in [-0.2, 0) is 0 Å². The molecule has 3 aliphatic rings. The fourth-order valence-corrected chi connectivity index (χ4v) is 5.97. The molecule has 0 N–H and O–H groups in total. The first-order valence-corrected chi connectivity index (χ1v) is 12.7. The van der Waals surface area contributed by atoms with Crippen LogP contribution in [0.25, 0.3) is 0 Å². The summed E-state index contributed by atoms with van der Waals surface area (Å²) in [6.07, 6.45) is 11.4. The van der Waals surface area contributed by atoms with Crippen molar-refractivity contribution in [3.63, 3.8) is 0 Å². The smallest absolute Gasteiger partial charge is 0.0120 e. The van der Waals surface area contributed by atoms with Crippen LogP contribution in [0, 0.1) is 23.7 Å². The SMILES string of the molecule is CC(C)C1CCN(CCCCN2CCC(N3CCC(C(C)C)CC3)CC2)CC1. The minimum atomic E-state index is 0.880. The predicted molar refractivity (Wildman–Crippen MR) is 122 cm³/mol. The van der Waals surface area contributed by atoms with Crippen LogP contribution in [-0.4, -0.2) is 73.1 Å². The maximum Gasteiger partial charge on any atom is 0.0120 e. The number of hydrogen-bond acceptors (Lipinski definition) is 3. The van der Waals surface area contributed by atoms with Gasteiger partial charge in [-0.1, -0.05) is 27.7 Å². The van der Waals surface area contributed by atoms with Gasteiger partial charge in [0.05, 0.1) is 0 Å². The fraction of sp³-hybridized carbons (Fsp3) is 1.00. The minimum Gasteiger partial charge on any atom is -0.303 e. The summed E-state index contributed by atoms with van der Waals surface area (Å²) in [5.74, 6) is 3.72. The van der Waals surface area contributed by atoms with Gasteiger partial charge in [-0.25, -0.2) is 0 Å². The topological polar surface area (TPSA) is 9.72 Å². The molecule has 0 atom stereocenters. The van der Waals surface area contributed by atoms with Crippen molar-refractivity contribution in [3.05, 3.63) is 0 Å². The maximum absolute atomic E-state index is 2.83. The zero-order valence-corrected chi connectivity index (χ0v) is 19.5. The Labute approximate surface area is 176 Å². The summed E-state index contributed by atoms with van der Waals surface area (Å²) in [7, 11) is 0. The number of piperidine rings is 3. The Balaban J connectivity index is 1.23. The van der Waals surface area contributed by atoms with Crippen molar-refractivity contribution in [1.29, 1.82) is 0 Å². The van der Waals surface area contributed by atoms with Gasteiger partial charge in [0.25, 0.3) is 0 Å². The summed E-state index contributed by atoms with van der Waals surface area (Å²) in [5, 5.41) is 0. The van der Waals surface area contributed by atoms with Crippen LogP contribution in [0.15, 0.2) is 0 Å². The molecule has 0 aromatic heterocycles. The van der Waals surface area contributed by atoms with Crippen LogP contribution in [0.4, 0.5) is 0 Å². The molecule has 0 unspecified atom stereocenters. The van der Waals surface area contributed by atoms with Crippen molar-refractivity contribution in [2.24, 2.45) is 23.7 Å². The van der Waals surface area contributed by atoms with Gasteiger partial charge in [-0.05, 0) is 127 Å². The first kappa shape index (κ1) is 22.6. The molecule has 0 aliphatic carbocycles. The largest absolute Gasteiger partial charge is 0.303 e. The number of nitrogens with zero attached hydrogens (tertiary/aromatic N) is 3. The van der Waals surface area contributed by atoms with Gasteiger partial charge in [0.1, 0.15) is 0 Å². The highest BCUT2D eigenvalue weighted by molar-refractivity contribution is 4.84. The van der Waals surface area contributed by atoms with E-state index in [2.05, 4.69) is 42.4 Å². The van der Waals surface area contributed by atoms with Gasteiger partial charge in [0, 0.05) is 6.04 Å². The molecule has 0 radical (unpaired) electrons. The van der Waals surface area contributed by atoms with E-state index in [4.69, 9.17) is 0 Å². The molecule has 3 heterocycles. The van der Waals surface area contributed by atoms with Crippen molar-refractivity contribution >= 4 is 0 Å². The molecule has 28 heavy (non-hydrogen) atoms. The number of rotatable bonds is 8. The van der Waals surface area contributed by atoms with Gasteiger partial charge in [0.15, 0.2) is 0 Å². The van der Waals surface area contributed by atoms with Gasteiger partial charge in [0.2, 0.25) is 0 Å². The Morgan fingerprint density at radius 1 is 0.571 bits per heavy atom. The molecule has 3 rings (SSSR count). The van der Waals surface area contributed by atoms with Crippen molar-refractivity contribution < 1.29 is 0 Å². The van der Waals surface area contributed by atoms with Crippen molar-refractivity contribution in [1.82, 2.24) is 14.7 Å². The molecular weight excluding hydrogens is 342 g/mol. The van der Waals surface area contributed by atoms with Crippen LogP contribution in [0.3, 0.4) is 0 Å². The third-order valence-electron chi connectivity index (χ3n) is 8.36. The average Bonchev–Trinajstić information content (AvgIpc) is 2.72. The van der Waals surface area contributed by atoms with Crippen LogP contribution in [0.5, 0.6) is 0 Å². The maximum atomic E-state index is 2.83. The highest BCUT2D eigenvalue weighted by Crippen LogP contribution is 2.28. The van der Waals surface area contributed by atoms with E-state index in [1.165, 1.54) is 104 Å². The number of hydrogen-bond donors (Lipinski definition) is 0. The second-order valence-electron chi connectivity index (χ2n) is 10.8. The monoisotopic (exact) mass is 391 g/mol. The summed E-state index contributed by atoms with van der Waals surface area (Å²) < 4.78 is 0. The molecule has 0 spiro atoms. The van der Waals surface area contributed by atoms with Crippen molar-refractivity contribution in [2.75, 3.05) is 52.4 Å². The van der Waals surface area contributed by atoms with Gasteiger partial charge >= 0.3 is 0 Å². The summed E-state index contributed by atoms with van der Waals surface area (Å²) >= 11 is 0. The van der Waals surface area contributed by atoms with E-state index < -0.39 is 0 Å². The molecule has 3 heteroatoms. The lowest BCUT2D eigenvalue weighted by Crippen LogP contribution is -2.48. The summed E-state index contributed by atoms with van der Waals surface area (Å²) in [4.78, 5) is 8.31. The number of unbranched alkanes of at least 4 members (excludes halogenated alkanes) is 1. The zero-order chi connectivity index (χ0) is 19.9. The van der Waals surface area contributed by atoms with Crippen LogP contribution >= 0.6 is 0 Å². The lowest BCUT2D eigenvalue weighted by Gasteiger charge is -2.42. The molecule has 0 aromatic carbocycles. The summed E-state index contributed by atoms with van der Waals surface area (Å²) in [5.41, 5.74) is 0. The molecule has 0 bridgehead atoms. The molecule has 3 fully saturated rings. The minimum absolute atomic E-state index is 0.880. The first-order chi connectivity index (χ1) is 13.5. The molecule has 3 aliphatic heterocycles. The van der Waals surface area contributed by atoms with Gasteiger partial charge in [-0.15, -0.1) is 0 Å². The fourth-order valence-electron chi connectivity index (χ4n) is 5.97. The molecule has 0 aromatic rings.